The first-order valence-electron chi connectivity index (χ1n) is 10.1. The summed E-state index contributed by atoms with van der Waals surface area (Å²) in [4.78, 5) is 28.7. The number of nitrogens with one attached hydrogen (secondary N) is 1. The van der Waals surface area contributed by atoms with E-state index in [0.29, 0.717) is 50.6 Å². The quantitative estimate of drug-likeness (QED) is 0.783. The fourth-order valence-corrected chi connectivity index (χ4v) is 3.32. The van der Waals surface area contributed by atoms with Gasteiger partial charge in [-0.25, -0.2) is 0 Å². The largest absolute Gasteiger partial charge is 0.489 e. The molecule has 0 aromatic heterocycles. The molecule has 2 aromatic rings. The standard InChI is InChI=1S/C23H29N3O3/c1-18(2)24-22(27)16-25-11-13-26(14-12-25)23(28)20-9-6-10-21(15-20)29-17-19-7-4-3-5-8-19/h3-10,15,18H,11-14,16-17H2,1-2H3,(H,24,27). The summed E-state index contributed by atoms with van der Waals surface area (Å²) in [6.07, 6.45) is 0. The van der Waals surface area contributed by atoms with Gasteiger partial charge in [0.2, 0.25) is 5.91 Å². The predicted molar refractivity (Wildman–Crippen MR) is 113 cm³/mol. The number of carbonyl (C=O) groups is 2. The minimum Gasteiger partial charge on any atom is -0.489 e. The second-order valence-corrected chi connectivity index (χ2v) is 7.59. The third kappa shape index (κ3) is 6.32. The normalized spacial score (nSPS) is 14.7. The summed E-state index contributed by atoms with van der Waals surface area (Å²) < 4.78 is 5.84. The second-order valence-electron chi connectivity index (χ2n) is 7.59. The Hall–Kier alpha value is -2.86. The van der Waals surface area contributed by atoms with E-state index in [2.05, 4.69) is 10.2 Å². The summed E-state index contributed by atoms with van der Waals surface area (Å²) >= 11 is 0. The van der Waals surface area contributed by atoms with Crippen molar-refractivity contribution in [3.8, 4) is 5.75 Å². The van der Waals surface area contributed by atoms with Gasteiger partial charge in [0.15, 0.2) is 0 Å². The SMILES string of the molecule is CC(C)NC(=O)CN1CCN(C(=O)c2cccc(OCc3ccccc3)c2)CC1. The molecule has 1 saturated heterocycles. The highest BCUT2D eigenvalue weighted by atomic mass is 16.5. The molecule has 0 unspecified atom stereocenters. The van der Waals surface area contributed by atoms with Crippen molar-refractivity contribution in [2.45, 2.75) is 26.5 Å². The lowest BCUT2D eigenvalue weighted by molar-refractivity contribution is -0.123. The number of piperazine rings is 1. The Labute approximate surface area is 172 Å². The number of ether oxygens (including phenoxy) is 1. The zero-order valence-corrected chi connectivity index (χ0v) is 17.1. The number of carbonyl (C=O) groups excluding carboxylic acids is 2. The van der Waals surface area contributed by atoms with Gasteiger partial charge in [0.1, 0.15) is 12.4 Å². The van der Waals surface area contributed by atoms with Crippen LogP contribution in [0, 0.1) is 0 Å². The molecule has 0 atom stereocenters. The number of nitrogens with zero attached hydrogens (tertiary/aromatic N) is 2. The Morgan fingerprint density at radius 1 is 1.00 bits per heavy atom. The summed E-state index contributed by atoms with van der Waals surface area (Å²) in [6, 6.07) is 17.4. The molecule has 6 nitrogen and oxygen atoms in total. The molecule has 0 bridgehead atoms. The molecule has 154 valence electrons. The Kier molecular flexibility index (Phi) is 7.25. The van der Waals surface area contributed by atoms with Gasteiger partial charge in [-0.05, 0) is 37.6 Å². The first kappa shape index (κ1) is 20.9. The molecule has 1 fully saturated rings. The molecule has 29 heavy (non-hydrogen) atoms. The molecule has 0 radical (unpaired) electrons. The van der Waals surface area contributed by atoms with Crippen LogP contribution < -0.4 is 10.1 Å². The van der Waals surface area contributed by atoms with Crippen molar-refractivity contribution in [1.29, 1.82) is 0 Å². The molecule has 6 heteroatoms. The van der Waals surface area contributed by atoms with Crippen LogP contribution in [0.3, 0.4) is 0 Å². The minimum atomic E-state index is 0.00134. The molecule has 0 aliphatic carbocycles. The average Bonchev–Trinajstić information content (AvgIpc) is 2.73. The third-order valence-electron chi connectivity index (χ3n) is 4.81. The molecule has 2 amide bonds. The number of hydrogen-bond donors (Lipinski definition) is 1. The van der Waals surface area contributed by atoms with Crippen LogP contribution in [0.5, 0.6) is 5.75 Å². The average molecular weight is 396 g/mol. The van der Waals surface area contributed by atoms with Gasteiger partial charge in [-0.3, -0.25) is 14.5 Å². The molecule has 1 N–H and O–H groups in total. The topological polar surface area (TPSA) is 61.9 Å². The molecule has 1 heterocycles. The van der Waals surface area contributed by atoms with Gasteiger partial charge in [-0.15, -0.1) is 0 Å². The molecule has 1 aliphatic rings. The number of hydrogen-bond acceptors (Lipinski definition) is 4. The minimum absolute atomic E-state index is 0.00134. The van der Waals surface area contributed by atoms with Crippen molar-refractivity contribution < 1.29 is 14.3 Å². The monoisotopic (exact) mass is 395 g/mol. The van der Waals surface area contributed by atoms with Crippen LogP contribution in [0.15, 0.2) is 54.6 Å². The fraction of sp³-hybridized carbons (Fsp3) is 0.391. The van der Waals surface area contributed by atoms with Gasteiger partial charge in [-0.1, -0.05) is 36.4 Å². The molecule has 0 saturated carbocycles. The van der Waals surface area contributed by atoms with Gasteiger partial charge < -0.3 is 15.0 Å². The Morgan fingerprint density at radius 3 is 2.41 bits per heavy atom. The predicted octanol–water partition coefficient (Wildman–Crippen LogP) is 2.55. The lowest BCUT2D eigenvalue weighted by Gasteiger charge is -2.34. The smallest absolute Gasteiger partial charge is 0.254 e. The lowest BCUT2D eigenvalue weighted by Crippen LogP contribution is -2.51. The highest BCUT2D eigenvalue weighted by molar-refractivity contribution is 5.94. The lowest BCUT2D eigenvalue weighted by atomic mass is 10.1. The Bertz CT molecular complexity index is 815. The summed E-state index contributed by atoms with van der Waals surface area (Å²) in [5, 5.41) is 2.90. The first-order chi connectivity index (χ1) is 14.0. The van der Waals surface area contributed by atoms with Crippen LogP contribution >= 0.6 is 0 Å². The van der Waals surface area contributed by atoms with E-state index in [1.807, 2.05) is 67.3 Å². The molecule has 2 aromatic carbocycles. The summed E-state index contributed by atoms with van der Waals surface area (Å²) in [5.41, 5.74) is 1.71. The second kappa shape index (κ2) is 10.1. The van der Waals surface area contributed by atoms with Crippen molar-refractivity contribution in [3.63, 3.8) is 0 Å². The van der Waals surface area contributed by atoms with Crippen molar-refractivity contribution in [1.82, 2.24) is 15.1 Å². The third-order valence-corrected chi connectivity index (χ3v) is 4.81. The van der Waals surface area contributed by atoms with Crippen molar-refractivity contribution >= 4 is 11.8 Å². The highest BCUT2D eigenvalue weighted by Gasteiger charge is 2.23. The van der Waals surface area contributed by atoms with Gasteiger partial charge in [0.05, 0.1) is 6.54 Å². The van der Waals surface area contributed by atoms with Crippen LogP contribution in [0.25, 0.3) is 0 Å². The number of amides is 2. The molecular weight excluding hydrogens is 366 g/mol. The first-order valence-corrected chi connectivity index (χ1v) is 10.1. The molecule has 0 spiro atoms. The van der Waals surface area contributed by atoms with Crippen LogP contribution in [0.2, 0.25) is 0 Å². The number of rotatable bonds is 7. The van der Waals surface area contributed by atoms with Crippen molar-refractivity contribution in [2.75, 3.05) is 32.7 Å². The molecule has 1 aliphatic heterocycles. The van der Waals surface area contributed by atoms with Crippen LogP contribution in [-0.4, -0.2) is 60.4 Å². The van der Waals surface area contributed by atoms with Gasteiger partial charge in [-0.2, -0.15) is 0 Å². The van der Waals surface area contributed by atoms with E-state index in [1.165, 1.54) is 0 Å². The summed E-state index contributed by atoms with van der Waals surface area (Å²) in [5.74, 6) is 0.716. The van der Waals surface area contributed by atoms with E-state index in [-0.39, 0.29) is 17.9 Å². The van der Waals surface area contributed by atoms with E-state index in [4.69, 9.17) is 4.74 Å². The van der Waals surface area contributed by atoms with Gasteiger partial charge in [0, 0.05) is 37.8 Å². The van der Waals surface area contributed by atoms with Crippen LogP contribution in [0.4, 0.5) is 0 Å². The Balaban J connectivity index is 1.51. The van der Waals surface area contributed by atoms with Crippen LogP contribution in [0.1, 0.15) is 29.8 Å². The van der Waals surface area contributed by atoms with E-state index in [9.17, 15) is 9.59 Å². The zero-order chi connectivity index (χ0) is 20.6. The number of benzene rings is 2. The maximum Gasteiger partial charge on any atom is 0.254 e. The van der Waals surface area contributed by atoms with Crippen molar-refractivity contribution in [3.05, 3.63) is 65.7 Å². The van der Waals surface area contributed by atoms with E-state index >= 15 is 0 Å². The fourth-order valence-electron chi connectivity index (χ4n) is 3.32. The Morgan fingerprint density at radius 2 is 1.72 bits per heavy atom. The zero-order valence-electron chi connectivity index (χ0n) is 17.1. The maximum absolute atomic E-state index is 12.9. The van der Waals surface area contributed by atoms with E-state index in [1.54, 1.807) is 6.07 Å². The van der Waals surface area contributed by atoms with E-state index < -0.39 is 0 Å². The van der Waals surface area contributed by atoms with E-state index in [0.717, 1.165) is 5.56 Å². The van der Waals surface area contributed by atoms with Gasteiger partial charge in [0.25, 0.3) is 5.91 Å². The van der Waals surface area contributed by atoms with Gasteiger partial charge >= 0.3 is 0 Å². The maximum atomic E-state index is 12.9. The summed E-state index contributed by atoms with van der Waals surface area (Å²) in [7, 11) is 0. The highest BCUT2D eigenvalue weighted by Crippen LogP contribution is 2.17. The molecule has 3 rings (SSSR count). The molecular formula is C23H29N3O3. The van der Waals surface area contributed by atoms with Crippen LogP contribution in [-0.2, 0) is 11.4 Å². The summed E-state index contributed by atoms with van der Waals surface area (Å²) in [6.45, 7) is 7.37. The van der Waals surface area contributed by atoms with Crippen molar-refractivity contribution in [2.24, 2.45) is 0 Å².